The molecule has 0 N–H and O–H groups in total. The summed E-state index contributed by atoms with van der Waals surface area (Å²) < 4.78 is 10.1. The normalized spacial score (nSPS) is 13.8. The summed E-state index contributed by atoms with van der Waals surface area (Å²) in [6.07, 6.45) is 1.68. The number of rotatable bonds is 2. The van der Waals surface area contributed by atoms with Crippen molar-refractivity contribution in [2.45, 2.75) is 20.1 Å². The van der Waals surface area contributed by atoms with E-state index in [1.807, 2.05) is 0 Å². The van der Waals surface area contributed by atoms with E-state index in [-0.39, 0.29) is 5.97 Å². The highest BCUT2D eigenvalue weighted by atomic mass is 16.5. The van der Waals surface area contributed by atoms with Crippen LogP contribution in [0.15, 0.2) is 12.3 Å². The maximum atomic E-state index is 11.3. The second-order valence-corrected chi connectivity index (χ2v) is 3.05. The second-order valence-electron chi connectivity index (χ2n) is 3.05. The number of pyridine rings is 1. The smallest absolute Gasteiger partial charge is 0.356 e. The number of esters is 1. The minimum atomic E-state index is -0.373. The fourth-order valence-corrected chi connectivity index (χ4v) is 1.38. The molecule has 1 aromatic rings. The van der Waals surface area contributed by atoms with E-state index in [1.54, 1.807) is 19.2 Å². The molecule has 4 heteroatoms. The molecule has 2 heterocycles. The fourth-order valence-electron chi connectivity index (χ4n) is 1.38. The van der Waals surface area contributed by atoms with Crippen LogP contribution in [0.1, 0.15) is 28.5 Å². The SMILES string of the molecule is CCOC(=O)c1cc2c(cn1)COC2. The molecule has 14 heavy (non-hydrogen) atoms. The minimum Gasteiger partial charge on any atom is -0.461 e. The van der Waals surface area contributed by atoms with Gasteiger partial charge in [-0.1, -0.05) is 0 Å². The standard InChI is InChI=1S/C10H11NO3/c1-2-14-10(12)9-3-7-5-13-6-8(7)4-11-9/h3-4H,2,5-6H2,1H3. The fraction of sp³-hybridized carbons (Fsp3) is 0.400. The Hall–Kier alpha value is -1.42. The van der Waals surface area contributed by atoms with Crippen molar-refractivity contribution >= 4 is 5.97 Å². The molecular formula is C10H11NO3. The average molecular weight is 193 g/mol. The Kier molecular flexibility index (Phi) is 2.45. The molecule has 0 saturated heterocycles. The summed E-state index contributed by atoms with van der Waals surface area (Å²) in [6, 6.07) is 1.74. The molecule has 4 nitrogen and oxygen atoms in total. The van der Waals surface area contributed by atoms with Crippen LogP contribution in [0, 0.1) is 0 Å². The maximum Gasteiger partial charge on any atom is 0.356 e. The molecule has 0 saturated carbocycles. The molecule has 0 bridgehead atoms. The summed E-state index contributed by atoms with van der Waals surface area (Å²) in [5.74, 6) is -0.373. The number of fused-ring (bicyclic) bond motifs is 1. The quantitative estimate of drug-likeness (QED) is 0.664. The molecule has 0 fully saturated rings. The third-order valence-corrected chi connectivity index (χ3v) is 2.08. The van der Waals surface area contributed by atoms with E-state index < -0.39 is 0 Å². The third-order valence-electron chi connectivity index (χ3n) is 2.08. The van der Waals surface area contributed by atoms with E-state index in [2.05, 4.69) is 4.98 Å². The van der Waals surface area contributed by atoms with Crippen LogP contribution in [0.5, 0.6) is 0 Å². The molecule has 0 aliphatic carbocycles. The van der Waals surface area contributed by atoms with Gasteiger partial charge in [0.1, 0.15) is 5.69 Å². The first-order valence-electron chi connectivity index (χ1n) is 4.54. The lowest BCUT2D eigenvalue weighted by atomic mass is 10.1. The van der Waals surface area contributed by atoms with Gasteiger partial charge >= 0.3 is 5.97 Å². The predicted octanol–water partition coefficient (Wildman–Crippen LogP) is 1.29. The number of hydrogen-bond acceptors (Lipinski definition) is 4. The Morgan fingerprint density at radius 3 is 3.14 bits per heavy atom. The van der Waals surface area contributed by atoms with Crippen LogP contribution in [-0.4, -0.2) is 17.6 Å². The summed E-state index contributed by atoms with van der Waals surface area (Å²) >= 11 is 0. The van der Waals surface area contributed by atoms with Crippen molar-refractivity contribution in [1.82, 2.24) is 4.98 Å². The number of aromatic nitrogens is 1. The lowest BCUT2D eigenvalue weighted by molar-refractivity contribution is 0.0519. The largest absolute Gasteiger partial charge is 0.461 e. The van der Waals surface area contributed by atoms with Crippen molar-refractivity contribution in [1.29, 1.82) is 0 Å². The Balaban J connectivity index is 2.24. The van der Waals surface area contributed by atoms with Crippen molar-refractivity contribution in [2.75, 3.05) is 6.61 Å². The van der Waals surface area contributed by atoms with Crippen LogP contribution < -0.4 is 0 Å². The number of nitrogens with zero attached hydrogens (tertiary/aromatic N) is 1. The van der Waals surface area contributed by atoms with Crippen LogP contribution >= 0.6 is 0 Å². The van der Waals surface area contributed by atoms with Gasteiger partial charge in [-0.25, -0.2) is 9.78 Å². The minimum absolute atomic E-state index is 0.358. The van der Waals surface area contributed by atoms with Gasteiger partial charge in [-0.05, 0) is 18.6 Å². The third kappa shape index (κ3) is 1.61. The van der Waals surface area contributed by atoms with Gasteiger partial charge in [0.15, 0.2) is 0 Å². The monoisotopic (exact) mass is 193 g/mol. The molecule has 1 aromatic heterocycles. The van der Waals surface area contributed by atoms with Crippen molar-refractivity contribution in [3.05, 3.63) is 29.1 Å². The molecule has 74 valence electrons. The number of carbonyl (C=O) groups is 1. The zero-order valence-electron chi connectivity index (χ0n) is 7.95. The van der Waals surface area contributed by atoms with Gasteiger partial charge in [0.05, 0.1) is 19.8 Å². The van der Waals surface area contributed by atoms with E-state index in [0.717, 1.165) is 11.1 Å². The second kappa shape index (κ2) is 3.75. The Morgan fingerprint density at radius 2 is 2.36 bits per heavy atom. The molecule has 2 rings (SSSR count). The van der Waals surface area contributed by atoms with Gasteiger partial charge in [-0.2, -0.15) is 0 Å². The molecular weight excluding hydrogens is 182 g/mol. The lowest BCUT2D eigenvalue weighted by Crippen LogP contribution is -2.07. The van der Waals surface area contributed by atoms with Crippen LogP contribution in [0.25, 0.3) is 0 Å². The van der Waals surface area contributed by atoms with E-state index in [0.29, 0.717) is 25.5 Å². The van der Waals surface area contributed by atoms with E-state index >= 15 is 0 Å². The zero-order chi connectivity index (χ0) is 9.97. The summed E-state index contributed by atoms with van der Waals surface area (Å²) in [7, 11) is 0. The highest BCUT2D eigenvalue weighted by Crippen LogP contribution is 2.19. The van der Waals surface area contributed by atoms with Gasteiger partial charge < -0.3 is 9.47 Å². The number of hydrogen-bond donors (Lipinski definition) is 0. The first kappa shape index (κ1) is 9.15. The van der Waals surface area contributed by atoms with Crippen LogP contribution in [0.2, 0.25) is 0 Å². The van der Waals surface area contributed by atoms with Crippen molar-refractivity contribution in [3.63, 3.8) is 0 Å². The topological polar surface area (TPSA) is 48.4 Å². The van der Waals surface area contributed by atoms with Gasteiger partial charge in [0, 0.05) is 11.8 Å². The molecule has 0 spiro atoms. The van der Waals surface area contributed by atoms with Crippen molar-refractivity contribution in [2.24, 2.45) is 0 Å². The van der Waals surface area contributed by atoms with Crippen molar-refractivity contribution in [3.8, 4) is 0 Å². The Bertz CT molecular complexity index is 362. The summed E-state index contributed by atoms with van der Waals surface area (Å²) in [5.41, 5.74) is 2.44. The zero-order valence-corrected chi connectivity index (χ0v) is 7.95. The van der Waals surface area contributed by atoms with Gasteiger partial charge in [0.25, 0.3) is 0 Å². The molecule has 0 amide bonds. The Morgan fingerprint density at radius 1 is 1.57 bits per heavy atom. The van der Waals surface area contributed by atoms with Crippen LogP contribution in [-0.2, 0) is 22.7 Å². The van der Waals surface area contributed by atoms with E-state index in [4.69, 9.17) is 9.47 Å². The molecule has 1 aliphatic heterocycles. The van der Waals surface area contributed by atoms with Crippen LogP contribution in [0.4, 0.5) is 0 Å². The molecule has 0 aromatic carbocycles. The van der Waals surface area contributed by atoms with Gasteiger partial charge in [0.2, 0.25) is 0 Å². The van der Waals surface area contributed by atoms with Gasteiger partial charge in [-0.3, -0.25) is 0 Å². The molecule has 0 unspecified atom stereocenters. The number of ether oxygens (including phenoxy) is 2. The highest BCUT2D eigenvalue weighted by molar-refractivity contribution is 5.87. The van der Waals surface area contributed by atoms with E-state index in [9.17, 15) is 4.79 Å². The summed E-state index contributed by atoms with van der Waals surface area (Å²) in [5, 5.41) is 0. The molecule has 0 radical (unpaired) electrons. The van der Waals surface area contributed by atoms with Crippen LogP contribution in [0.3, 0.4) is 0 Å². The average Bonchev–Trinajstić information content (AvgIpc) is 2.64. The Labute approximate surface area is 81.9 Å². The lowest BCUT2D eigenvalue weighted by Gasteiger charge is -2.02. The van der Waals surface area contributed by atoms with Crippen molar-refractivity contribution < 1.29 is 14.3 Å². The summed E-state index contributed by atoms with van der Waals surface area (Å²) in [4.78, 5) is 15.3. The molecule has 0 atom stereocenters. The maximum absolute atomic E-state index is 11.3. The first-order valence-corrected chi connectivity index (χ1v) is 4.54. The number of carbonyl (C=O) groups excluding carboxylic acids is 1. The highest BCUT2D eigenvalue weighted by Gasteiger charge is 2.15. The first-order chi connectivity index (χ1) is 6.81. The predicted molar refractivity (Wildman–Crippen MR) is 48.7 cm³/mol. The molecule has 1 aliphatic rings. The van der Waals surface area contributed by atoms with Gasteiger partial charge in [-0.15, -0.1) is 0 Å². The van der Waals surface area contributed by atoms with E-state index in [1.165, 1.54) is 0 Å². The summed E-state index contributed by atoms with van der Waals surface area (Å²) in [6.45, 7) is 3.29.